The molecule has 0 fully saturated rings. The van der Waals surface area contributed by atoms with Crippen LogP contribution in [0, 0.1) is 0 Å². The molecule has 0 aliphatic carbocycles. The number of aliphatic carboxylic acids is 1. The first-order chi connectivity index (χ1) is 12.0. The molecular weight excluding hydrogens is 386 g/mol. The fraction of sp³-hybridized carbons (Fsp3) is 0.167. The Bertz CT molecular complexity index is 823. The number of para-hydroxylation sites is 1. The fourth-order valence-corrected chi connectivity index (χ4v) is 2.98. The van der Waals surface area contributed by atoms with Gasteiger partial charge in [0, 0.05) is 10.9 Å². The number of anilines is 1. The number of hydrogen-bond donors (Lipinski definition) is 2. The molecule has 0 saturated carbocycles. The predicted molar refractivity (Wildman–Crippen MR) is 98.5 cm³/mol. The van der Waals surface area contributed by atoms with Gasteiger partial charge in [0.2, 0.25) is 5.96 Å². The van der Waals surface area contributed by atoms with E-state index >= 15 is 0 Å². The highest BCUT2D eigenvalue weighted by atomic mass is 79.9. The molecule has 0 unspecified atom stereocenters. The zero-order chi connectivity index (χ0) is 17.8. The lowest BCUT2D eigenvalue weighted by atomic mass is 10.1. The fourth-order valence-electron chi connectivity index (χ4n) is 2.60. The number of aliphatic imine (C=N–C) groups is 1. The van der Waals surface area contributed by atoms with Crippen molar-refractivity contribution in [2.45, 2.75) is 12.5 Å². The van der Waals surface area contributed by atoms with Crippen molar-refractivity contribution in [2.24, 2.45) is 4.99 Å². The molecule has 1 atom stereocenters. The number of carboxylic acids is 1. The number of halogens is 1. The average molecular weight is 402 g/mol. The van der Waals surface area contributed by atoms with Crippen molar-refractivity contribution in [3.8, 4) is 0 Å². The maximum atomic E-state index is 12.6. The van der Waals surface area contributed by atoms with E-state index in [-0.39, 0.29) is 11.9 Å². The van der Waals surface area contributed by atoms with E-state index in [2.05, 4.69) is 26.2 Å². The van der Waals surface area contributed by atoms with E-state index < -0.39 is 18.6 Å². The number of rotatable bonds is 5. The first-order valence-electron chi connectivity index (χ1n) is 7.71. The Kier molecular flexibility index (Phi) is 5.14. The van der Waals surface area contributed by atoms with Gasteiger partial charge in [-0.15, -0.1) is 0 Å². The van der Waals surface area contributed by atoms with Gasteiger partial charge in [0.05, 0.1) is 5.69 Å². The number of carboxylic acid groups (broad SMARTS) is 1. The molecule has 2 aromatic rings. The normalized spacial score (nSPS) is 16.7. The van der Waals surface area contributed by atoms with Crippen LogP contribution in [0.15, 0.2) is 64.1 Å². The molecule has 0 spiro atoms. The monoisotopic (exact) mass is 401 g/mol. The maximum absolute atomic E-state index is 12.6. The lowest BCUT2D eigenvalue weighted by Crippen LogP contribution is -2.42. The third-order valence-corrected chi connectivity index (χ3v) is 4.46. The van der Waals surface area contributed by atoms with E-state index in [9.17, 15) is 9.59 Å². The third kappa shape index (κ3) is 4.06. The van der Waals surface area contributed by atoms with E-state index in [1.807, 2.05) is 54.6 Å². The molecule has 0 bridgehead atoms. The number of nitrogens with one attached hydrogen (secondary N) is 1. The maximum Gasteiger partial charge on any atom is 0.323 e. The van der Waals surface area contributed by atoms with Gasteiger partial charge in [-0.2, -0.15) is 0 Å². The van der Waals surface area contributed by atoms with Crippen LogP contribution in [0.2, 0.25) is 0 Å². The van der Waals surface area contributed by atoms with Crippen LogP contribution < -0.4 is 5.32 Å². The molecule has 25 heavy (non-hydrogen) atoms. The highest BCUT2D eigenvalue weighted by Gasteiger charge is 2.36. The van der Waals surface area contributed by atoms with Gasteiger partial charge in [-0.05, 0) is 33.6 Å². The van der Waals surface area contributed by atoms with E-state index in [1.165, 1.54) is 4.90 Å². The van der Waals surface area contributed by atoms with Gasteiger partial charge in [-0.1, -0.05) is 42.5 Å². The molecule has 1 aliphatic heterocycles. The number of amides is 1. The Hall–Kier alpha value is -2.67. The second kappa shape index (κ2) is 7.48. The minimum Gasteiger partial charge on any atom is -0.480 e. The van der Waals surface area contributed by atoms with Gasteiger partial charge in [-0.25, -0.2) is 4.99 Å². The zero-order valence-electron chi connectivity index (χ0n) is 13.2. The Labute approximate surface area is 153 Å². The number of guanidine groups is 1. The minimum atomic E-state index is -1.09. The average Bonchev–Trinajstić information content (AvgIpc) is 2.86. The molecule has 3 rings (SSSR count). The molecule has 0 aromatic heterocycles. The molecule has 1 heterocycles. The number of carbonyl (C=O) groups excluding carboxylic acids is 1. The first kappa shape index (κ1) is 17.2. The minimum absolute atomic E-state index is 0.250. The molecule has 7 heteroatoms. The summed E-state index contributed by atoms with van der Waals surface area (Å²) in [5.41, 5.74) is 1.69. The van der Waals surface area contributed by atoms with Crippen molar-refractivity contribution >= 4 is 39.5 Å². The summed E-state index contributed by atoms with van der Waals surface area (Å²) in [5.74, 6) is -1.16. The van der Waals surface area contributed by atoms with Crippen LogP contribution in [0.1, 0.15) is 5.56 Å². The van der Waals surface area contributed by atoms with Gasteiger partial charge in [0.15, 0.2) is 0 Å². The van der Waals surface area contributed by atoms with Crippen LogP contribution in [-0.2, 0) is 16.0 Å². The molecule has 1 aliphatic rings. The molecule has 1 amide bonds. The van der Waals surface area contributed by atoms with Crippen molar-refractivity contribution in [3.05, 3.63) is 64.6 Å². The Morgan fingerprint density at radius 2 is 1.84 bits per heavy atom. The smallest absolute Gasteiger partial charge is 0.323 e. The number of benzene rings is 2. The molecule has 2 aromatic carbocycles. The van der Waals surface area contributed by atoms with Crippen LogP contribution in [0.4, 0.5) is 5.69 Å². The molecule has 2 N–H and O–H groups in total. The summed E-state index contributed by atoms with van der Waals surface area (Å²) in [6.07, 6.45) is 0.428. The topological polar surface area (TPSA) is 82.0 Å². The molecule has 0 radical (unpaired) electrons. The molecule has 128 valence electrons. The summed E-state index contributed by atoms with van der Waals surface area (Å²) in [6.45, 7) is -0.430. The van der Waals surface area contributed by atoms with E-state index in [1.54, 1.807) is 0 Å². The summed E-state index contributed by atoms with van der Waals surface area (Å²) in [5, 5.41) is 12.2. The first-order valence-corrected chi connectivity index (χ1v) is 8.50. The second-order valence-corrected chi connectivity index (χ2v) is 6.44. The third-order valence-electron chi connectivity index (χ3n) is 3.77. The Morgan fingerprint density at radius 1 is 1.16 bits per heavy atom. The van der Waals surface area contributed by atoms with Crippen molar-refractivity contribution < 1.29 is 14.7 Å². The Morgan fingerprint density at radius 3 is 2.52 bits per heavy atom. The van der Waals surface area contributed by atoms with Crippen molar-refractivity contribution in [1.82, 2.24) is 4.90 Å². The predicted octanol–water partition coefficient (Wildman–Crippen LogP) is 2.76. The SMILES string of the molecule is O=C(O)CN1C(=O)[C@H](Cc2ccccc2)N=C1Nc1ccccc1Br. The van der Waals surface area contributed by atoms with Crippen LogP contribution in [0.5, 0.6) is 0 Å². The summed E-state index contributed by atoms with van der Waals surface area (Å²) >= 11 is 3.42. The summed E-state index contributed by atoms with van der Waals surface area (Å²) in [6, 6.07) is 16.3. The highest BCUT2D eigenvalue weighted by molar-refractivity contribution is 9.10. The van der Waals surface area contributed by atoms with E-state index in [0.717, 1.165) is 10.0 Å². The van der Waals surface area contributed by atoms with Crippen molar-refractivity contribution in [3.63, 3.8) is 0 Å². The summed E-state index contributed by atoms with van der Waals surface area (Å²) < 4.78 is 0.798. The van der Waals surface area contributed by atoms with Crippen LogP contribution in [0.3, 0.4) is 0 Å². The van der Waals surface area contributed by atoms with Crippen LogP contribution in [0.25, 0.3) is 0 Å². The molecule has 0 saturated heterocycles. The molecular formula is C18H16BrN3O3. The van der Waals surface area contributed by atoms with Crippen molar-refractivity contribution in [2.75, 3.05) is 11.9 Å². The number of carbonyl (C=O) groups is 2. The molecule has 6 nitrogen and oxygen atoms in total. The van der Waals surface area contributed by atoms with E-state index in [0.29, 0.717) is 12.1 Å². The summed E-state index contributed by atoms with van der Waals surface area (Å²) in [7, 11) is 0. The van der Waals surface area contributed by atoms with Crippen LogP contribution in [-0.4, -0.2) is 40.4 Å². The lowest BCUT2D eigenvalue weighted by molar-refractivity contribution is -0.141. The van der Waals surface area contributed by atoms with Gasteiger partial charge in [-0.3, -0.25) is 14.5 Å². The van der Waals surface area contributed by atoms with Crippen LogP contribution >= 0.6 is 15.9 Å². The summed E-state index contributed by atoms with van der Waals surface area (Å²) in [4.78, 5) is 29.4. The zero-order valence-corrected chi connectivity index (χ0v) is 14.8. The lowest BCUT2D eigenvalue weighted by Gasteiger charge is -2.18. The van der Waals surface area contributed by atoms with Gasteiger partial charge < -0.3 is 10.4 Å². The standard InChI is InChI=1S/C18H16BrN3O3/c19-13-8-4-5-9-14(13)20-18-21-15(10-12-6-2-1-3-7-12)17(25)22(18)11-16(23)24/h1-9,15H,10-11H2,(H,20,21)(H,23,24)/t15-/m0/s1. The highest BCUT2D eigenvalue weighted by Crippen LogP contribution is 2.24. The van der Waals surface area contributed by atoms with Gasteiger partial charge >= 0.3 is 5.97 Å². The Balaban J connectivity index is 1.85. The van der Waals surface area contributed by atoms with Gasteiger partial charge in [0.1, 0.15) is 12.6 Å². The van der Waals surface area contributed by atoms with Crippen molar-refractivity contribution in [1.29, 1.82) is 0 Å². The van der Waals surface area contributed by atoms with Gasteiger partial charge in [0.25, 0.3) is 5.91 Å². The van der Waals surface area contributed by atoms with E-state index in [4.69, 9.17) is 5.11 Å². The number of nitrogens with zero attached hydrogens (tertiary/aromatic N) is 2. The quantitative estimate of drug-likeness (QED) is 0.806. The number of hydrogen-bond acceptors (Lipinski definition) is 4. The largest absolute Gasteiger partial charge is 0.480 e. The second-order valence-electron chi connectivity index (χ2n) is 5.58.